The highest BCUT2D eigenvalue weighted by Crippen LogP contribution is 2.31. The van der Waals surface area contributed by atoms with Crippen molar-refractivity contribution >= 4 is 11.9 Å². The maximum absolute atomic E-state index is 13.1. The number of nitrogens with one attached hydrogen (secondary N) is 1. The second-order valence-electron chi connectivity index (χ2n) is 8.03. The van der Waals surface area contributed by atoms with Crippen molar-refractivity contribution in [2.45, 2.75) is 90.3 Å². The summed E-state index contributed by atoms with van der Waals surface area (Å²) in [7, 11) is 0. The van der Waals surface area contributed by atoms with Crippen LogP contribution in [0.1, 0.15) is 76.6 Å². The molecule has 4 nitrogen and oxygen atoms in total. The molecule has 0 aromatic carbocycles. The van der Waals surface area contributed by atoms with Crippen molar-refractivity contribution in [2.75, 3.05) is 12.4 Å². The van der Waals surface area contributed by atoms with Gasteiger partial charge in [0, 0.05) is 23.1 Å². The van der Waals surface area contributed by atoms with Crippen LogP contribution in [0.3, 0.4) is 0 Å². The maximum atomic E-state index is 13.1. The fourth-order valence-corrected chi connectivity index (χ4v) is 5.26. The molecule has 1 saturated carbocycles. The summed E-state index contributed by atoms with van der Waals surface area (Å²) in [5, 5.41) is 0. The van der Waals surface area contributed by atoms with E-state index in [0.717, 1.165) is 36.5 Å². The van der Waals surface area contributed by atoms with E-state index in [1.807, 2.05) is 10.6 Å². The van der Waals surface area contributed by atoms with Crippen LogP contribution in [-0.4, -0.2) is 29.1 Å². The highest BCUT2D eigenvalue weighted by molar-refractivity contribution is 7.97. The van der Waals surface area contributed by atoms with Crippen molar-refractivity contribution < 1.29 is 4.74 Å². The van der Waals surface area contributed by atoms with Crippen LogP contribution < -0.4 is 10.3 Å². The SMILES string of the molecule is CCSNC1CCc2ccc(CC)c(=O)n2C1COC1CCC(CC)CC1. The minimum atomic E-state index is 0.0932. The molecule has 3 rings (SSSR count). The summed E-state index contributed by atoms with van der Waals surface area (Å²) < 4.78 is 12.1. The Morgan fingerprint density at radius 1 is 1.15 bits per heavy atom. The minimum absolute atomic E-state index is 0.0932. The lowest BCUT2D eigenvalue weighted by atomic mass is 9.86. The normalized spacial score (nSPS) is 28.1. The summed E-state index contributed by atoms with van der Waals surface area (Å²) >= 11 is 1.75. The molecule has 2 atom stereocenters. The van der Waals surface area contributed by atoms with E-state index < -0.39 is 0 Å². The van der Waals surface area contributed by atoms with Crippen LogP contribution in [0.2, 0.25) is 0 Å². The van der Waals surface area contributed by atoms with Crippen LogP contribution in [0, 0.1) is 5.92 Å². The predicted octanol–water partition coefficient (Wildman–Crippen LogP) is 4.51. The Balaban J connectivity index is 1.75. The zero-order valence-electron chi connectivity index (χ0n) is 17.2. The Bertz CT molecular complexity index is 652. The van der Waals surface area contributed by atoms with Crippen LogP contribution >= 0.6 is 11.9 Å². The third-order valence-corrected chi connectivity index (χ3v) is 7.18. The molecule has 1 N–H and O–H groups in total. The summed E-state index contributed by atoms with van der Waals surface area (Å²) in [5.41, 5.74) is 2.27. The van der Waals surface area contributed by atoms with E-state index >= 15 is 0 Å². The molecule has 2 heterocycles. The first-order valence-electron chi connectivity index (χ1n) is 10.9. The minimum Gasteiger partial charge on any atom is -0.376 e. The summed E-state index contributed by atoms with van der Waals surface area (Å²) in [6.45, 7) is 7.16. The van der Waals surface area contributed by atoms with Crippen molar-refractivity contribution in [1.82, 2.24) is 9.29 Å². The third kappa shape index (κ3) is 4.99. The average molecular weight is 393 g/mol. The number of aromatic nitrogens is 1. The van der Waals surface area contributed by atoms with Crippen molar-refractivity contribution in [1.29, 1.82) is 0 Å². The van der Waals surface area contributed by atoms with Gasteiger partial charge in [0.2, 0.25) is 0 Å². The molecule has 0 radical (unpaired) electrons. The van der Waals surface area contributed by atoms with Gasteiger partial charge in [-0.05, 0) is 56.9 Å². The van der Waals surface area contributed by atoms with Crippen molar-refractivity contribution in [2.24, 2.45) is 5.92 Å². The summed E-state index contributed by atoms with van der Waals surface area (Å²) in [6, 6.07) is 4.56. The number of hydrogen-bond donors (Lipinski definition) is 1. The summed E-state index contributed by atoms with van der Waals surface area (Å²) in [6.07, 6.45) is 9.38. The Morgan fingerprint density at radius 3 is 2.59 bits per heavy atom. The van der Waals surface area contributed by atoms with Gasteiger partial charge in [0.15, 0.2) is 0 Å². The molecule has 2 unspecified atom stereocenters. The van der Waals surface area contributed by atoms with Gasteiger partial charge in [-0.3, -0.25) is 9.52 Å². The van der Waals surface area contributed by atoms with Gasteiger partial charge in [-0.15, -0.1) is 0 Å². The van der Waals surface area contributed by atoms with E-state index in [0.29, 0.717) is 18.8 Å². The van der Waals surface area contributed by atoms with Crippen LogP contribution in [0.25, 0.3) is 0 Å². The zero-order valence-corrected chi connectivity index (χ0v) is 18.0. The molecule has 1 aliphatic heterocycles. The van der Waals surface area contributed by atoms with Gasteiger partial charge in [0.1, 0.15) is 0 Å². The first kappa shape index (κ1) is 20.9. The standard InChI is InChI=1S/C22H36N2O2S/c1-4-16-7-12-19(13-8-16)26-15-21-20(23-27-6-3)14-11-18-10-9-17(5-2)22(25)24(18)21/h9-10,16,19-21,23H,4-8,11-15H2,1-3H3. The molecule has 0 spiro atoms. The fraction of sp³-hybridized carbons (Fsp3) is 0.773. The lowest BCUT2D eigenvalue weighted by Crippen LogP contribution is -2.47. The smallest absolute Gasteiger partial charge is 0.254 e. The largest absolute Gasteiger partial charge is 0.376 e. The monoisotopic (exact) mass is 392 g/mol. The Morgan fingerprint density at radius 2 is 1.93 bits per heavy atom. The highest BCUT2D eigenvalue weighted by atomic mass is 32.2. The predicted molar refractivity (Wildman–Crippen MR) is 114 cm³/mol. The Labute approximate surface area is 168 Å². The molecule has 152 valence electrons. The van der Waals surface area contributed by atoms with Crippen LogP contribution in [0.4, 0.5) is 0 Å². The molecule has 1 aliphatic carbocycles. The van der Waals surface area contributed by atoms with E-state index in [4.69, 9.17) is 4.74 Å². The van der Waals surface area contributed by atoms with E-state index in [2.05, 4.69) is 31.6 Å². The van der Waals surface area contributed by atoms with E-state index in [9.17, 15) is 4.79 Å². The van der Waals surface area contributed by atoms with Gasteiger partial charge in [-0.1, -0.05) is 45.2 Å². The first-order valence-corrected chi connectivity index (χ1v) is 11.9. The van der Waals surface area contributed by atoms with Gasteiger partial charge in [0.25, 0.3) is 5.56 Å². The molecule has 0 saturated heterocycles. The highest BCUT2D eigenvalue weighted by Gasteiger charge is 2.32. The van der Waals surface area contributed by atoms with Crippen LogP contribution in [0.5, 0.6) is 0 Å². The van der Waals surface area contributed by atoms with Gasteiger partial charge in [-0.25, -0.2) is 0 Å². The van der Waals surface area contributed by atoms with Crippen molar-refractivity contribution in [3.8, 4) is 0 Å². The molecule has 1 aromatic rings. The van der Waals surface area contributed by atoms with Crippen molar-refractivity contribution in [3.63, 3.8) is 0 Å². The summed E-state index contributed by atoms with van der Waals surface area (Å²) in [4.78, 5) is 13.1. The molecular weight excluding hydrogens is 356 g/mol. The maximum Gasteiger partial charge on any atom is 0.254 e. The van der Waals surface area contributed by atoms with Crippen molar-refractivity contribution in [3.05, 3.63) is 33.7 Å². The molecule has 5 heteroatoms. The lowest BCUT2D eigenvalue weighted by molar-refractivity contribution is -0.00680. The number of fused-ring (bicyclic) bond motifs is 1. The number of pyridine rings is 1. The van der Waals surface area contributed by atoms with Gasteiger partial charge < -0.3 is 9.30 Å². The number of rotatable bonds is 8. The Hall–Kier alpha value is -0.780. The molecule has 1 fully saturated rings. The quantitative estimate of drug-likeness (QED) is 0.661. The van der Waals surface area contributed by atoms with Crippen LogP contribution in [0.15, 0.2) is 16.9 Å². The fourth-order valence-electron chi connectivity index (χ4n) is 4.61. The van der Waals surface area contributed by atoms with Gasteiger partial charge in [0.05, 0.1) is 18.8 Å². The van der Waals surface area contributed by atoms with Crippen LogP contribution in [-0.2, 0) is 17.6 Å². The van der Waals surface area contributed by atoms with E-state index in [-0.39, 0.29) is 11.6 Å². The topological polar surface area (TPSA) is 43.3 Å². The molecule has 0 amide bonds. The van der Waals surface area contributed by atoms with E-state index in [1.165, 1.54) is 37.8 Å². The first-order chi connectivity index (χ1) is 13.2. The zero-order chi connectivity index (χ0) is 19.2. The molecule has 1 aromatic heterocycles. The average Bonchev–Trinajstić information content (AvgIpc) is 2.71. The number of ether oxygens (including phenoxy) is 1. The lowest BCUT2D eigenvalue weighted by Gasteiger charge is -2.37. The number of nitrogens with zero attached hydrogens (tertiary/aromatic N) is 1. The van der Waals surface area contributed by atoms with Gasteiger partial charge in [-0.2, -0.15) is 0 Å². The third-order valence-electron chi connectivity index (χ3n) is 6.42. The molecular formula is C22H36N2O2S. The Kier molecular flexibility index (Phi) is 7.86. The molecule has 27 heavy (non-hydrogen) atoms. The second-order valence-corrected chi connectivity index (χ2v) is 9.13. The van der Waals surface area contributed by atoms with Gasteiger partial charge >= 0.3 is 0 Å². The summed E-state index contributed by atoms with van der Waals surface area (Å²) in [5.74, 6) is 1.91. The molecule has 0 bridgehead atoms. The number of hydrogen-bond acceptors (Lipinski definition) is 4. The molecule has 2 aliphatic rings. The second kappa shape index (κ2) is 10.1. The number of aryl methyl sites for hydroxylation is 2. The van der Waals surface area contributed by atoms with E-state index in [1.54, 1.807) is 11.9 Å².